The highest BCUT2D eigenvalue weighted by Crippen LogP contribution is 2.26. The normalized spacial score (nSPS) is 23.7. The Morgan fingerprint density at radius 2 is 1.89 bits per heavy atom. The van der Waals surface area contributed by atoms with Crippen LogP contribution in [0.4, 0.5) is 4.79 Å². The molecule has 0 unspecified atom stereocenters. The maximum Gasteiger partial charge on any atom is 0.411 e. The quantitative estimate of drug-likeness (QED) is 0.547. The molecule has 6 heteroatoms. The number of hydrogen-bond acceptors (Lipinski definition) is 5. The molecule has 102 valence electrons. The second kappa shape index (κ2) is 5.37. The summed E-state index contributed by atoms with van der Waals surface area (Å²) in [4.78, 5) is 35.7. The minimum Gasteiger partial charge on any atom is -0.467 e. The zero-order valence-corrected chi connectivity index (χ0v) is 11.1. The van der Waals surface area contributed by atoms with Crippen molar-refractivity contribution in [2.45, 2.75) is 51.3 Å². The van der Waals surface area contributed by atoms with Gasteiger partial charge >= 0.3 is 12.1 Å². The van der Waals surface area contributed by atoms with Crippen LogP contribution in [0, 0.1) is 0 Å². The van der Waals surface area contributed by atoms with Gasteiger partial charge in [0.25, 0.3) is 0 Å². The number of aldehydes is 1. The van der Waals surface area contributed by atoms with Gasteiger partial charge in [-0.25, -0.2) is 9.59 Å². The molecule has 0 radical (unpaired) electrons. The van der Waals surface area contributed by atoms with Crippen molar-refractivity contribution in [2.75, 3.05) is 7.11 Å². The molecule has 0 spiro atoms. The van der Waals surface area contributed by atoms with Crippen molar-refractivity contribution in [3.63, 3.8) is 0 Å². The van der Waals surface area contributed by atoms with E-state index in [2.05, 4.69) is 4.74 Å². The van der Waals surface area contributed by atoms with Crippen LogP contribution in [0.3, 0.4) is 0 Å². The average molecular weight is 257 g/mol. The number of likely N-dealkylation sites (tertiary alicyclic amines) is 1. The molecule has 1 fully saturated rings. The third kappa shape index (κ3) is 3.21. The van der Waals surface area contributed by atoms with Gasteiger partial charge in [0, 0.05) is 0 Å². The Labute approximate surface area is 106 Å². The number of rotatable bonds is 2. The number of ether oxygens (including phenoxy) is 2. The lowest BCUT2D eigenvalue weighted by atomic mass is 10.2. The minimum atomic E-state index is -0.736. The average Bonchev–Trinajstić information content (AvgIpc) is 2.69. The fourth-order valence-electron chi connectivity index (χ4n) is 1.92. The van der Waals surface area contributed by atoms with E-state index < -0.39 is 29.7 Å². The van der Waals surface area contributed by atoms with Gasteiger partial charge < -0.3 is 14.3 Å². The van der Waals surface area contributed by atoms with E-state index in [1.54, 1.807) is 20.8 Å². The highest BCUT2D eigenvalue weighted by atomic mass is 16.6. The third-order valence-electron chi connectivity index (χ3n) is 2.66. The van der Waals surface area contributed by atoms with Crippen molar-refractivity contribution < 1.29 is 23.9 Å². The zero-order chi connectivity index (χ0) is 13.9. The van der Waals surface area contributed by atoms with E-state index in [0.717, 1.165) is 0 Å². The van der Waals surface area contributed by atoms with Crippen molar-refractivity contribution >= 4 is 18.3 Å². The predicted molar refractivity (Wildman–Crippen MR) is 63.0 cm³/mol. The van der Waals surface area contributed by atoms with Gasteiger partial charge in [0.2, 0.25) is 0 Å². The topological polar surface area (TPSA) is 72.9 Å². The van der Waals surface area contributed by atoms with Gasteiger partial charge in [0.05, 0.1) is 13.2 Å². The highest BCUT2D eigenvalue weighted by molar-refractivity contribution is 5.85. The molecule has 1 saturated heterocycles. The van der Waals surface area contributed by atoms with Gasteiger partial charge in [-0.1, -0.05) is 0 Å². The lowest BCUT2D eigenvalue weighted by molar-refractivity contribution is -0.146. The first kappa shape index (κ1) is 14.5. The van der Waals surface area contributed by atoms with Crippen LogP contribution in [-0.2, 0) is 19.1 Å². The number of amides is 1. The molecule has 1 heterocycles. The van der Waals surface area contributed by atoms with Crippen LogP contribution in [0.5, 0.6) is 0 Å². The number of hydrogen-bond donors (Lipinski definition) is 0. The molecule has 0 N–H and O–H groups in total. The second-order valence-corrected chi connectivity index (χ2v) is 5.21. The summed E-state index contributed by atoms with van der Waals surface area (Å²) in [6.45, 7) is 5.18. The van der Waals surface area contributed by atoms with Crippen molar-refractivity contribution in [3.05, 3.63) is 0 Å². The first-order valence-corrected chi connectivity index (χ1v) is 5.84. The SMILES string of the molecule is COC(=O)[C@@H]1CC[C@@H](C=O)N1C(=O)OC(C)(C)C. The van der Waals surface area contributed by atoms with Crippen molar-refractivity contribution in [3.8, 4) is 0 Å². The van der Waals surface area contributed by atoms with E-state index >= 15 is 0 Å². The van der Waals surface area contributed by atoms with Gasteiger partial charge in [-0.3, -0.25) is 4.90 Å². The van der Waals surface area contributed by atoms with E-state index in [4.69, 9.17) is 4.74 Å². The lowest BCUT2D eigenvalue weighted by Crippen LogP contribution is -2.48. The molecular formula is C12H19NO5. The van der Waals surface area contributed by atoms with Gasteiger partial charge in [-0.2, -0.15) is 0 Å². The molecule has 1 aliphatic heterocycles. The summed E-state index contributed by atoms with van der Waals surface area (Å²) in [5.41, 5.74) is -0.673. The largest absolute Gasteiger partial charge is 0.467 e. The van der Waals surface area contributed by atoms with E-state index in [0.29, 0.717) is 19.1 Å². The number of nitrogens with zero attached hydrogens (tertiary/aromatic N) is 1. The number of methoxy groups -OCH3 is 1. The molecule has 6 nitrogen and oxygen atoms in total. The van der Waals surface area contributed by atoms with Gasteiger partial charge in [0.15, 0.2) is 0 Å². The Hall–Kier alpha value is -1.59. The first-order chi connectivity index (χ1) is 8.30. The fourth-order valence-corrected chi connectivity index (χ4v) is 1.92. The Balaban J connectivity index is 2.87. The molecule has 0 bridgehead atoms. The summed E-state index contributed by atoms with van der Waals surface area (Å²) in [5, 5.41) is 0. The number of carbonyl (C=O) groups is 3. The van der Waals surface area contributed by atoms with E-state index in [-0.39, 0.29) is 0 Å². The summed E-state index contributed by atoms with van der Waals surface area (Å²) in [6, 6.07) is -1.36. The summed E-state index contributed by atoms with van der Waals surface area (Å²) in [7, 11) is 1.25. The second-order valence-electron chi connectivity index (χ2n) is 5.21. The Kier molecular flexibility index (Phi) is 4.32. The van der Waals surface area contributed by atoms with E-state index in [1.165, 1.54) is 12.0 Å². The summed E-state index contributed by atoms with van der Waals surface area (Å²) in [6.07, 6.45) is 0.859. The molecule has 0 aromatic carbocycles. The molecule has 0 aliphatic carbocycles. The van der Waals surface area contributed by atoms with Gasteiger partial charge in [-0.15, -0.1) is 0 Å². The van der Waals surface area contributed by atoms with Crippen LogP contribution in [0.2, 0.25) is 0 Å². The fraction of sp³-hybridized carbons (Fsp3) is 0.750. The van der Waals surface area contributed by atoms with Crippen molar-refractivity contribution in [2.24, 2.45) is 0 Å². The molecule has 0 aromatic rings. The minimum absolute atomic E-state index is 0.412. The molecule has 1 amide bonds. The molecular weight excluding hydrogens is 238 g/mol. The monoisotopic (exact) mass is 257 g/mol. The maximum absolute atomic E-state index is 12.0. The first-order valence-electron chi connectivity index (χ1n) is 5.84. The zero-order valence-electron chi connectivity index (χ0n) is 11.1. The Morgan fingerprint density at radius 1 is 1.28 bits per heavy atom. The van der Waals surface area contributed by atoms with Crippen LogP contribution in [0.15, 0.2) is 0 Å². The number of carbonyl (C=O) groups excluding carboxylic acids is 3. The van der Waals surface area contributed by atoms with Crippen molar-refractivity contribution in [1.82, 2.24) is 4.90 Å². The summed E-state index contributed by atoms with van der Waals surface area (Å²) >= 11 is 0. The lowest BCUT2D eigenvalue weighted by Gasteiger charge is -2.29. The summed E-state index contributed by atoms with van der Waals surface area (Å²) < 4.78 is 9.83. The molecule has 1 aliphatic rings. The van der Waals surface area contributed by atoms with Gasteiger partial charge in [-0.05, 0) is 33.6 Å². The molecule has 0 aromatic heterocycles. The van der Waals surface area contributed by atoms with Crippen LogP contribution in [0.1, 0.15) is 33.6 Å². The summed E-state index contributed by atoms with van der Waals surface area (Å²) in [5.74, 6) is -0.523. The predicted octanol–water partition coefficient (Wildman–Crippen LogP) is 1.13. The van der Waals surface area contributed by atoms with Gasteiger partial charge in [0.1, 0.15) is 17.9 Å². The highest BCUT2D eigenvalue weighted by Gasteiger charge is 2.43. The molecule has 18 heavy (non-hydrogen) atoms. The number of esters is 1. The molecule has 0 saturated carbocycles. The van der Waals surface area contributed by atoms with Crippen molar-refractivity contribution in [1.29, 1.82) is 0 Å². The third-order valence-corrected chi connectivity index (χ3v) is 2.66. The smallest absolute Gasteiger partial charge is 0.411 e. The van der Waals surface area contributed by atoms with Crippen LogP contribution in [0.25, 0.3) is 0 Å². The Bertz CT molecular complexity index is 347. The van der Waals surface area contributed by atoms with E-state index in [1.807, 2.05) is 0 Å². The Morgan fingerprint density at radius 3 is 2.33 bits per heavy atom. The maximum atomic E-state index is 12.0. The molecule has 2 atom stereocenters. The van der Waals surface area contributed by atoms with Crippen LogP contribution >= 0.6 is 0 Å². The van der Waals surface area contributed by atoms with E-state index in [9.17, 15) is 14.4 Å². The van der Waals surface area contributed by atoms with Crippen LogP contribution in [-0.4, -0.2) is 48.0 Å². The molecule has 1 rings (SSSR count). The standard InChI is InChI=1S/C12H19NO5/c1-12(2,3)18-11(16)13-8(7-14)5-6-9(13)10(15)17-4/h7-9H,5-6H2,1-4H3/t8-,9-/m0/s1. The van der Waals surface area contributed by atoms with Crippen LogP contribution < -0.4 is 0 Å².